The molecule has 3 rings (SSSR count). The van der Waals surface area contributed by atoms with Crippen molar-refractivity contribution in [3.63, 3.8) is 0 Å². The van der Waals surface area contributed by atoms with Crippen LogP contribution in [-0.2, 0) is 11.3 Å². The fourth-order valence-electron chi connectivity index (χ4n) is 3.04. The van der Waals surface area contributed by atoms with E-state index in [0.717, 1.165) is 43.9 Å². The first-order valence-electron chi connectivity index (χ1n) is 9.19. The lowest BCUT2D eigenvalue weighted by atomic mass is 10.0. The predicted octanol–water partition coefficient (Wildman–Crippen LogP) is 4.36. The van der Waals surface area contributed by atoms with Gasteiger partial charge in [-0.1, -0.05) is 42.5 Å². The second-order valence-electron chi connectivity index (χ2n) is 6.47. The summed E-state index contributed by atoms with van der Waals surface area (Å²) in [5.74, 6) is 0. The van der Waals surface area contributed by atoms with Crippen molar-refractivity contribution in [2.24, 2.45) is 0 Å². The molecule has 0 aliphatic rings. The van der Waals surface area contributed by atoms with Crippen LogP contribution in [0.5, 0.6) is 0 Å². The molecule has 4 nitrogen and oxygen atoms in total. The van der Waals surface area contributed by atoms with E-state index in [0.29, 0.717) is 0 Å². The molecule has 1 N–H and O–H groups in total. The summed E-state index contributed by atoms with van der Waals surface area (Å²) >= 11 is 0. The van der Waals surface area contributed by atoms with E-state index in [4.69, 9.17) is 9.84 Å². The molecule has 1 heterocycles. The molecule has 0 atom stereocenters. The van der Waals surface area contributed by atoms with E-state index in [1.54, 1.807) is 7.11 Å². The monoisotopic (exact) mass is 349 g/mol. The van der Waals surface area contributed by atoms with Gasteiger partial charge in [0.1, 0.15) is 0 Å². The van der Waals surface area contributed by atoms with Crippen molar-refractivity contribution < 1.29 is 4.74 Å². The highest BCUT2D eigenvalue weighted by Gasteiger charge is 2.13. The first-order chi connectivity index (χ1) is 12.8. The second-order valence-corrected chi connectivity index (χ2v) is 6.47. The van der Waals surface area contributed by atoms with Crippen LogP contribution in [0.2, 0.25) is 0 Å². The van der Waals surface area contributed by atoms with Crippen LogP contribution in [0.3, 0.4) is 0 Å². The van der Waals surface area contributed by atoms with E-state index in [2.05, 4.69) is 54.8 Å². The van der Waals surface area contributed by atoms with Crippen LogP contribution < -0.4 is 5.32 Å². The summed E-state index contributed by atoms with van der Waals surface area (Å²) in [5.41, 5.74) is 5.78. The summed E-state index contributed by atoms with van der Waals surface area (Å²) in [6.07, 6.45) is 4.33. The van der Waals surface area contributed by atoms with Crippen molar-refractivity contribution in [2.45, 2.75) is 26.3 Å². The third-order valence-electron chi connectivity index (χ3n) is 4.48. The Labute approximate surface area is 155 Å². The highest BCUT2D eigenvalue weighted by molar-refractivity contribution is 5.66. The number of hydrogen-bond donors (Lipinski definition) is 1. The van der Waals surface area contributed by atoms with Gasteiger partial charge in [-0.25, -0.2) is 4.68 Å². The van der Waals surface area contributed by atoms with Gasteiger partial charge in [-0.2, -0.15) is 5.10 Å². The van der Waals surface area contributed by atoms with Gasteiger partial charge in [-0.3, -0.25) is 0 Å². The fraction of sp³-hybridized carbons (Fsp3) is 0.318. The van der Waals surface area contributed by atoms with Crippen LogP contribution in [0, 0.1) is 6.92 Å². The van der Waals surface area contributed by atoms with Gasteiger partial charge in [-0.05, 0) is 44.0 Å². The van der Waals surface area contributed by atoms with Crippen molar-refractivity contribution in [2.75, 3.05) is 20.3 Å². The maximum absolute atomic E-state index is 5.11. The zero-order valence-corrected chi connectivity index (χ0v) is 15.6. The Morgan fingerprint density at radius 1 is 1.00 bits per heavy atom. The van der Waals surface area contributed by atoms with Crippen molar-refractivity contribution in [3.05, 3.63) is 71.9 Å². The molecule has 0 spiro atoms. The number of unbranched alkanes of at least 4 members (excludes halogenated alkanes) is 1. The lowest BCUT2D eigenvalue weighted by Gasteiger charge is -2.07. The summed E-state index contributed by atoms with van der Waals surface area (Å²) in [6, 6.07) is 18.7. The van der Waals surface area contributed by atoms with Gasteiger partial charge in [0.2, 0.25) is 0 Å². The van der Waals surface area contributed by atoms with Crippen LogP contribution >= 0.6 is 0 Å². The van der Waals surface area contributed by atoms with Crippen LogP contribution in [0.15, 0.2) is 60.8 Å². The van der Waals surface area contributed by atoms with Gasteiger partial charge < -0.3 is 10.1 Å². The number of para-hydroxylation sites is 1. The topological polar surface area (TPSA) is 39.1 Å². The minimum Gasteiger partial charge on any atom is -0.385 e. The molecule has 2 aromatic carbocycles. The number of rotatable bonds is 9. The number of aryl methyl sites for hydroxylation is 1. The van der Waals surface area contributed by atoms with Crippen molar-refractivity contribution in [1.29, 1.82) is 0 Å². The molecule has 0 aliphatic heterocycles. The number of nitrogens with zero attached hydrogens (tertiary/aromatic N) is 2. The molecule has 0 saturated heterocycles. The molecule has 3 aromatic rings. The molecular formula is C22H27N3O. The molecule has 0 saturated carbocycles. The van der Waals surface area contributed by atoms with Crippen LogP contribution in [0.4, 0.5) is 0 Å². The Morgan fingerprint density at radius 2 is 1.77 bits per heavy atom. The Bertz CT molecular complexity index is 811. The third-order valence-corrected chi connectivity index (χ3v) is 4.48. The molecule has 4 heteroatoms. The second kappa shape index (κ2) is 9.32. The first kappa shape index (κ1) is 18.4. The SMILES string of the molecule is COCCCCNCc1cn(-c2ccccc2)nc1-c1ccccc1C. The van der Waals surface area contributed by atoms with Crippen LogP contribution in [0.1, 0.15) is 24.0 Å². The van der Waals surface area contributed by atoms with Gasteiger partial charge in [0, 0.05) is 37.6 Å². The minimum absolute atomic E-state index is 0.809. The Hall–Kier alpha value is -2.43. The molecule has 136 valence electrons. The number of aromatic nitrogens is 2. The van der Waals surface area contributed by atoms with Crippen molar-refractivity contribution in [3.8, 4) is 16.9 Å². The Balaban J connectivity index is 1.82. The van der Waals surface area contributed by atoms with Crippen molar-refractivity contribution in [1.82, 2.24) is 15.1 Å². The number of benzene rings is 2. The van der Waals surface area contributed by atoms with Crippen LogP contribution in [0.25, 0.3) is 16.9 Å². The normalized spacial score (nSPS) is 11.0. The molecule has 0 amide bonds. The van der Waals surface area contributed by atoms with Gasteiger partial charge in [-0.15, -0.1) is 0 Å². The molecule has 0 radical (unpaired) electrons. The first-order valence-corrected chi connectivity index (χ1v) is 9.19. The van der Waals surface area contributed by atoms with Gasteiger partial charge in [0.25, 0.3) is 0 Å². The largest absolute Gasteiger partial charge is 0.385 e. The highest BCUT2D eigenvalue weighted by Crippen LogP contribution is 2.26. The average Bonchev–Trinajstić information content (AvgIpc) is 3.09. The van der Waals surface area contributed by atoms with E-state index in [1.165, 1.54) is 16.7 Å². The number of ether oxygens (including phenoxy) is 1. The summed E-state index contributed by atoms with van der Waals surface area (Å²) in [5, 5.41) is 8.44. The van der Waals surface area contributed by atoms with E-state index in [1.807, 2.05) is 22.9 Å². The van der Waals surface area contributed by atoms with E-state index in [-0.39, 0.29) is 0 Å². The predicted molar refractivity (Wildman–Crippen MR) is 107 cm³/mol. The molecule has 0 unspecified atom stereocenters. The van der Waals surface area contributed by atoms with Gasteiger partial charge >= 0.3 is 0 Å². The molecule has 0 bridgehead atoms. The maximum atomic E-state index is 5.11. The molecule has 0 aliphatic carbocycles. The lowest BCUT2D eigenvalue weighted by Crippen LogP contribution is -2.15. The molecule has 0 fully saturated rings. The summed E-state index contributed by atoms with van der Waals surface area (Å²) < 4.78 is 7.08. The van der Waals surface area contributed by atoms with Crippen LogP contribution in [-0.4, -0.2) is 30.0 Å². The van der Waals surface area contributed by atoms with Gasteiger partial charge in [0.15, 0.2) is 0 Å². The number of nitrogens with one attached hydrogen (secondary N) is 1. The van der Waals surface area contributed by atoms with Crippen molar-refractivity contribution >= 4 is 0 Å². The Morgan fingerprint density at radius 3 is 2.54 bits per heavy atom. The number of hydrogen-bond acceptors (Lipinski definition) is 3. The maximum Gasteiger partial charge on any atom is 0.0975 e. The molecular weight excluding hydrogens is 322 g/mol. The minimum atomic E-state index is 0.809. The lowest BCUT2D eigenvalue weighted by molar-refractivity contribution is 0.192. The summed E-state index contributed by atoms with van der Waals surface area (Å²) in [6.45, 7) is 4.75. The molecule has 1 aromatic heterocycles. The summed E-state index contributed by atoms with van der Waals surface area (Å²) in [4.78, 5) is 0. The highest BCUT2D eigenvalue weighted by atomic mass is 16.5. The number of methoxy groups -OCH3 is 1. The van der Waals surface area contributed by atoms with E-state index >= 15 is 0 Å². The Kier molecular flexibility index (Phi) is 6.58. The smallest absolute Gasteiger partial charge is 0.0975 e. The van der Waals surface area contributed by atoms with Gasteiger partial charge in [0.05, 0.1) is 11.4 Å². The standard InChI is InChI=1S/C22H27N3O/c1-18-10-6-7-13-21(18)22-19(16-23-14-8-9-15-26-2)17-25(24-22)20-11-4-3-5-12-20/h3-7,10-13,17,23H,8-9,14-16H2,1-2H3. The quantitative estimate of drug-likeness (QED) is 0.583. The van der Waals surface area contributed by atoms with E-state index in [9.17, 15) is 0 Å². The zero-order chi connectivity index (χ0) is 18.2. The molecule has 26 heavy (non-hydrogen) atoms. The summed E-state index contributed by atoms with van der Waals surface area (Å²) in [7, 11) is 1.75. The zero-order valence-electron chi connectivity index (χ0n) is 15.6. The average molecular weight is 349 g/mol. The fourth-order valence-corrected chi connectivity index (χ4v) is 3.04. The third kappa shape index (κ3) is 4.59. The van der Waals surface area contributed by atoms with E-state index < -0.39 is 0 Å².